The van der Waals surface area contributed by atoms with Crippen molar-refractivity contribution in [3.05, 3.63) is 54.0 Å². The Labute approximate surface area is 106 Å². The smallest absolute Gasteiger partial charge is 0.113 e. The summed E-state index contributed by atoms with van der Waals surface area (Å²) in [5, 5.41) is 9.68. The fourth-order valence-corrected chi connectivity index (χ4v) is 2.37. The van der Waals surface area contributed by atoms with Crippen LogP contribution in [0.25, 0.3) is 0 Å². The largest absolute Gasteiger partial charge is 0.468 e. The van der Waals surface area contributed by atoms with Crippen molar-refractivity contribution in [2.75, 3.05) is 0 Å². The van der Waals surface area contributed by atoms with Crippen LogP contribution in [0.5, 0.6) is 0 Å². The van der Waals surface area contributed by atoms with Gasteiger partial charge in [0, 0.05) is 4.90 Å². The SMILES string of the molecule is CC[C@H](O)c1ccc(SCc2ccco2)cc1. The average Bonchev–Trinajstić information content (AvgIpc) is 2.89. The minimum absolute atomic E-state index is 0.348. The third-order valence-corrected chi connectivity index (χ3v) is 3.65. The van der Waals surface area contributed by atoms with Gasteiger partial charge < -0.3 is 9.52 Å². The first-order chi connectivity index (χ1) is 8.29. The predicted octanol–water partition coefficient (Wildman–Crippen LogP) is 4.02. The monoisotopic (exact) mass is 248 g/mol. The molecule has 2 rings (SSSR count). The summed E-state index contributed by atoms with van der Waals surface area (Å²) in [6, 6.07) is 11.9. The zero-order valence-electron chi connectivity index (χ0n) is 9.80. The van der Waals surface area contributed by atoms with Crippen LogP contribution < -0.4 is 0 Å². The molecule has 1 aromatic heterocycles. The Morgan fingerprint density at radius 3 is 2.59 bits per heavy atom. The molecule has 3 heteroatoms. The molecule has 0 saturated heterocycles. The molecule has 0 radical (unpaired) electrons. The molecule has 0 aliphatic rings. The van der Waals surface area contributed by atoms with E-state index in [0.29, 0.717) is 0 Å². The van der Waals surface area contributed by atoms with Crippen LogP contribution in [0.4, 0.5) is 0 Å². The van der Waals surface area contributed by atoms with Gasteiger partial charge in [0.1, 0.15) is 5.76 Å². The predicted molar refractivity (Wildman–Crippen MR) is 70.0 cm³/mol. The summed E-state index contributed by atoms with van der Waals surface area (Å²) < 4.78 is 5.27. The summed E-state index contributed by atoms with van der Waals surface area (Å²) in [6.07, 6.45) is 2.09. The third kappa shape index (κ3) is 3.38. The van der Waals surface area contributed by atoms with Crippen molar-refractivity contribution in [3.8, 4) is 0 Å². The standard InChI is InChI=1S/C14H16O2S/c1-2-14(15)11-5-7-13(8-6-11)17-10-12-4-3-9-16-12/h3-9,14-15H,2,10H2,1H3/t14-/m0/s1. The van der Waals surface area contributed by atoms with Crippen LogP contribution in [0.3, 0.4) is 0 Å². The summed E-state index contributed by atoms with van der Waals surface area (Å²) in [5.74, 6) is 1.82. The highest BCUT2D eigenvalue weighted by Gasteiger charge is 2.04. The average molecular weight is 248 g/mol. The molecule has 90 valence electrons. The molecule has 0 fully saturated rings. The van der Waals surface area contributed by atoms with Gasteiger partial charge in [0.2, 0.25) is 0 Å². The lowest BCUT2D eigenvalue weighted by molar-refractivity contribution is 0.173. The maximum atomic E-state index is 9.68. The Morgan fingerprint density at radius 2 is 2.00 bits per heavy atom. The lowest BCUT2D eigenvalue weighted by Crippen LogP contribution is -1.94. The molecule has 2 nitrogen and oxygen atoms in total. The minimum atomic E-state index is -0.348. The van der Waals surface area contributed by atoms with Crippen LogP contribution in [-0.4, -0.2) is 5.11 Å². The Kier molecular flexibility index (Phi) is 4.29. The molecule has 0 saturated carbocycles. The van der Waals surface area contributed by atoms with E-state index in [2.05, 4.69) is 0 Å². The second-order valence-electron chi connectivity index (χ2n) is 3.86. The van der Waals surface area contributed by atoms with E-state index < -0.39 is 0 Å². The Bertz CT molecular complexity index is 434. The zero-order chi connectivity index (χ0) is 12.1. The second kappa shape index (κ2) is 5.94. The highest BCUT2D eigenvalue weighted by molar-refractivity contribution is 7.98. The van der Waals surface area contributed by atoms with E-state index in [9.17, 15) is 5.11 Å². The summed E-state index contributed by atoms with van der Waals surface area (Å²) in [5.41, 5.74) is 0.981. The van der Waals surface area contributed by atoms with Gasteiger partial charge in [-0.1, -0.05) is 19.1 Å². The molecule has 0 aliphatic carbocycles. The molecule has 0 amide bonds. The van der Waals surface area contributed by atoms with Gasteiger partial charge in [0.25, 0.3) is 0 Å². The first-order valence-electron chi connectivity index (χ1n) is 5.73. The number of hydrogen-bond donors (Lipinski definition) is 1. The minimum Gasteiger partial charge on any atom is -0.468 e. The van der Waals surface area contributed by atoms with Crippen molar-refractivity contribution >= 4 is 11.8 Å². The van der Waals surface area contributed by atoms with Crippen LogP contribution in [0.1, 0.15) is 30.8 Å². The Morgan fingerprint density at radius 1 is 1.24 bits per heavy atom. The van der Waals surface area contributed by atoms with Gasteiger partial charge in [-0.25, -0.2) is 0 Å². The van der Waals surface area contributed by atoms with Gasteiger partial charge in [0.05, 0.1) is 18.1 Å². The molecular formula is C14H16O2S. The molecule has 1 atom stereocenters. The van der Waals surface area contributed by atoms with Crippen LogP contribution in [0.2, 0.25) is 0 Å². The van der Waals surface area contributed by atoms with Gasteiger partial charge in [-0.3, -0.25) is 0 Å². The maximum Gasteiger partial charge on any atom is 0.113 e. The van der Waals surface area contributed by atoms with Crippen LogP contribution >= 0.6 is 11.8 Å². The van der Waals surface area contributed by atoms with E-state index >= 15 is 0 Å². The van der Waals surface area contributed by atoms with Crippen molar-refractivity contribution < 1.29 is 9.52 Å². The van der Waals surface area contributed by atoms with Gasteiger partial charge >= 0.3 is 0 Å². The van der Waals surface area contributed by atoms with Crippen LogP contribution in [0, 0.1) is 0 Å². The molecule has 2 aromatic rings. The van der Waals surface area contributed by atoms with E-state index in [1.165, 1.54) is 4.90 Å². The molecule has 0 spiro atoms. The number of thioether (sulfide) groups is 1. The van der Waals surface area contributed by atoms with Crippen LogP contribution in [-0.2, 0) is 5.75 Å². The first kappa shape index (κ1) is 12.3. The summed E-state index contributed by atoms with van der Waals surface area (Å²) in [6.45, 7) is 1.98. The molecule has 1 heterocycles. The molecule has 1 aromatic carbocycles. The number of furan rings is 1. The summed E-state index contributed by atoms with van der Waals surface area (Å²) >= 11 is 1.73. The highest BCUT2D eigenvalue weighted by atomic mass is 32.2. The van der Waals surface area contributed by atoms with E-state index in [0.717, 1.165) is 23.5 Å². The number of rotatable bonds is 5. The Balaban J connectivity index is 1.94. The molecular weight excluding hydrogens is 232 g/mol. The topological polar surface area (TPSA) is 33.4 Å². The molecule has 0 unspecified atom stereocenters. The highest BCUT2D eigenvalue weighted by Crippen LogP contribution is 2.25. The zero-order valence-corrected chi connectivity index (χ0v) is 10.6. The number of aliphatic hydroxyl groups is 1. The van der Waals surface area contributed by atoms with Gasteiger partial charge in [-0.15, -0.1) is 11.8 Å². The van der Waals surface area contributed by atoms with Crippen molar-refractivity contribution in [1.82, 2.24) is 0 Å². The number of aliphatic hydroxyl groups excluding tert-OH is 1. The van der Waals surface area contributed by atoms with Gasteiger partial charge in [-0.05, 0) is 36.2 Å². The molecule has 0 aliphatic heterocycles. The maximum absolute atomic E-state index is 9.68. The van der Waals surface area contributed by atoms with Crippen molar-refractivity contribution in [2.45, 2.75) is 30.1 Å². The van der Waals surface area contributed by atoms with Crippen molar-refractivity contribution in [3.63, 3.8) is 0 Å². The molecule has 0 bridgehead atoms. The summed E-state index contributed by atoms with van der Waals surface area (Å²) in [4.78, 5) is 1.19. The Hall–Kier alpha value is -1.19. The fourth-order valence-electron chi connectivity index (χ4n) is 1.57. The molecule has 17 heavy (non-hydrogen) atoms. The fraction of sp³-hybridized carbons (Fsp3) is 0.286. The summed E-state index contributed by atoms with van der Waals surface area (Å²) in [7, 11) is 0. The van der Waals surface area contributed by atoms with E-state index in [1.807, 2.05) is 43.3 Å². The normalized spacial score (nSPS) is 12.6. The lowest BCUT2D eigenvalue weighted by Gasteiger charge is -2.08. The van der Waals surface area contributed by atoms with E-state index in [1.54, 1.807) is 18.0 Å². The van der Waals surface area contributed by atoms with E-state index in [-0.39, 0.29) is 6.10 Å². The first-order valence-corrected chi connectivity index (χ1v) is 6.71. The second-order valence-corrected chi connectivity index (χ2v) is 4.91. The van der Waals surface area contributed by atoms with Crippen molar-refractivity contribution in [1.29, 1.82) is 0 Å². The van der Waals surface area contributed by atoms with E-state index in [4.69, 9.17) is 4.42 Å². The number of hydrogen-bond acceptors (Lipinski definition) is 3. The van der Waals surface area contributed by atoms with Gasteiger partial charge in [-0.2, -0.15) is 0 Å². The number of benzene rings is 1. The third-order valence-electron chi connectivity index (χ3n) is 2.61. The quantitative estimate of drug-likeness (QED) is 0.811. The van der Waals surface area contributed by atoms with Gasteiger partial charge in [0.15, 0.2) is 0 Å². The van der Waals surface area contributed by atoms with Crippen molar-refractivity contribution in [2.24, 2.45) is 0 Å². The molecule has 1 N–H and O–H groups in total. The van der Waals surface area contributed by atoms with Crippen LogP contribution in [0.15, 0.2) is 52.0 Å². The lowest BCUT2D eigenvalue weighted by atomic mass is 10.1.